The molecule has 3 heteroatoms. The van der Waals surface area contributed by atoms with E-state index in [2.05, 4.69) is 15.9 Å². The maximum absolute atomic E-state index is 13.8. The van der Waals surface area contributed by atoms with E-state index in [0.717, 1.165) is 25.7 Å². The van der Waals surface area contributed by atoms with Crippen molar-refractivity contribution in [3.8, 4) is 0 Å². The number of hydrogen-bond donors (Lipinski definition) is 1. The van der Waals surface area contributed by atoms with Crippen LogP contribution in [0.4, 0.5) is 4.39 Å². The largest absolute Gasteiger partial charge is 0.384 e. The van der Waals surface area contributed by atoms with Gasteiger partial charge in [-0.3, -0.25) is 0 Å². The Kier molecular flexibility index (Phi) is 2.37. The number of rotatable bonds is 1. The molecule has 0 saturated heterocycles. The zero-order valence-corrected chi connectivity index (χ0v) is 10.5. The predicted molar refractivity (Wildman–Crippen MR) is 63.4 cm³/mol. The van der Waals surface area contributed by atoms with Gasteiger partial charge in [-0.2, -0.15) is 0 Å². The van der Waals surface area contributed by atoms with Gasteiger partial charge in [-0.25, -0.2) is 4.39 Å². The van der Waals surface area contributed by atoms with Crippen LogP contribution in [0.3, 0.4) is 0 Å². The van der Waals surface area contributed by atoms with Crippen LogP contribution < -0.4 is 0 Å². The van der Waals surface area contributed by atoms with E-state index >= 15 is 0 Å². The minimum atomic E-state index is -0.902. The van der Waals surface area contributed by atoms with Crippen LogP contribution in [0.2, 0.25) is 0 Å². The third-order valence-electron chi connectivity index (χ3n) is 4.15. The molecule has 0 radical (unpaired) electrons. The molecule has 0 bridgehead atoms. The van der Waals surface area contributed by atoms with Gasteiger partial charge in [0.15, 0.2) is 0 Å². The van der Waals surface area contributed by atoms with Gasteiger partial charge in [0.25, 0.3) is 0 Å². The summed E-state index contributed by atoms with van der Waals surface area (Å²) in [5.74, 6) is 0.259. The molecule has 2 fully saturated rings. The van der Waals surface area contributed by atoms with Crippen molar-refractivity contribution >= 4 is 15.9 Å². The molecule has 0 amide bonds. The van der Waals surface area contributed by atoms with E-state index in [1.165, 1.54) is 6.07 Å². The van der Waals surface area contributed by atoms with Gasteiger partial charge >= 0.3 is 0 Å². The van der Waals surface area contributed by atoms with Crippen LogP contribution in [0, 0.1) is 17.7 Å². The molecule has 1 aromatic rings. The molecule has 2 aliphatic rings. The maximum atomic E-state index is 13.8. The lowest BCUT2D eigenvalue weighted by atomic mass is 10.0. The summed E-state index contributed by atoms with van der Waals surface area (Å²) in [6.45, 7) is 0. The van der Waals surface area contributed by atoms with Crippen LogP contribution in [-0.2, 0) is 5.60 Å². The van der Waals surface area contributed by atoms with E-state index in [1.54, 1.807) is 12.1 Å². The Bertz CT molecular complexity index is 400. The van der Waals surface area contributed by atoms with Gasteiger partial charge in [0.05, 0.1) is 5.60 Å². The topological polar surface area (TPSA) is 20.2 Å². The normalized spacial score (nSPS) is 36.9. The van der Waals surface area contributed by atoms with Gasteiger partial charge in [-0.15, -0.1) is 0 Å². The summed E-state index contributed by atoms with van der Waals surface area (Å²) in [4.78, 5) is 0. The number of halogens is 2. The summed E-state index contributed by atoms with van der Waals surface area (Å²) in [6.07, 6.45) is 4.38. The molecular weight excluding hydrogens is 271 g/mol. The SMILES string of the molecule is OC1(c2c(F)cccc2Br)C2CCCCC21. The summed E-state index contributed by atoms with van der Waals surface area (Å²) in [5, 5.41) is 10.7. The molecular formula is C13H14BrFO. The fraction of sp³-hybridized carbons (Fsp3) is 0.538. The van der Waals surface area contributed by atoms with Crippen LogP contribution >= 0.6 is 15.9 Å². The maximum Gasteiger partial charge on any atom is 0.130 e. The zero-order valence-electron chi connectivity index (χ0n) is 8.92. The fourth-order valence-corrected chi connectivity index (χ4v) is 4.00. The second-order valence-electron chi connectivity index (χ2n) is 4.92. The first-order valence-electron chi connectivity index (χ1n) is 5.82. The Morgan fingerprint density at radius 3 is 2.44 bits per heavy atom. The summed E-state index contributed by atoms with van der Waals surface area (Å²) >= 11 is 3.36. The number of benzene rings is 1. The lowest BCUT2D eigenvalue weighted by Crippen LogP contribution is -2.13. The summed E-state index contributed by atoms with van der Waals surface area (Å²) < 4.78 is 14.5. The highest BCUT2D eigenvalue weighted by Gasteiger charge is 2.66. The van der Waals surface area contributed by atoms with Crippen molar-refractivity contribution in [3.63, 3.8) is 0 Å². The van der Waals surface area contributed by atoms with Crippen molar-refractivity contribution in [1.29, 1.82) is 0 Å². The van der Waals surface area contributed by atoms with Crippen LogP contribution in [0.15, 0.2) is 22.7 Å². The van der Waals surface area contributed by atoms with Gasteiger partial charge in [0.2, 0.25) is 0 Å². The second kappa shape index (κ2) is 3.54. The first kappa shape index (κ1) is 10.7. The van der Waals surface area contributed by atoms with Crippen molar-refractivity contribution in [3.05, 3.63) is 34.1 Å². The highest BCUT2D eigenvalue weighted by Crippen LogP contribution is 2.65. The Balaban J connectivity index is 2.04. The van der Waals surface area contributed by atoms with Crippen molar-refractivity contribution in [2.45, 2.75) is 31.3 Å². The predicted octanol–water partition coefficient (Wildman–Crippen LogP) is 3.60. The van der Waals surface area contributed by atoms with E-state index in [0.29, 0.717) is 10.0 Å². The highest BCUT2D eigenvalue weighted by molar-refractivity contribution is 9.10. The molecule has 1 N–H and O–H groups in total. The molecule has 2 saturated carbocycles. The second-order valence-corrected chi connectivity index (χ2v) is 5.77. The molecule has 16 heavy (non-hydrogen) atoms. The van der Waals surface area contributed by atoms with Crippen molar-refractivity contribution < 1.29 is 9.50 Å². The fourth-order valence-electron chi connectivity index (χ4n) is 3.34. The van der Waals surface area contributed by atoms with Crippen molar-refractivity contribution in [1.82, 2.24) is 0 Å². The Morgan fingerprint density at radius 2 is 1.88 bits per heavy atom. The molecule has 86 valence electrons. The molecule has 0 spiro atoms. The van der Waals surface area contributed by atoms with Gasteiger partial charge in [-0.1, -0.05) is 34.8 Å². The molecule has 0 aliphatic heterocycles. The van der Waals surface area contributed by atoms with E-state index in [-0.39, 0.29) is 17.7 Å². The quantitative estimate of drug-likeness (QED) is 0.836. The molecule has 1 aromatic carbocycles. The van der Waals surface area contributed by atoms with Crippen LogP contribution in [0.1, 0.15) is 31.2 Å². The average Bonchev–Trinajstić information content (AvgIpc) is 2.86. The van der Waals surface area contributed by atoms with E-state index < -0.39 is 5.60 Å². The van der Waals surface area contributed by atoms with Crippen LogP contribution in [-0.4, -0.2) is 5.11 Å². The van der Waals surface area contributed by atoms with Gasteiger partial charge in [0, 0.05) is 10.0 Å². The Morgan fingerprint density at radius 1 is 1.25 bits per heavy atom. The van der Waals surface area contributed by atoms with Gasteiger partial charge in [-0.05, 0) is 36.8 Å². The number of fused-ring (bicyclic) bond motifs is 1. The Hall–Kier alpha value is -0.410. The molecule has 1 nitrogen and oxygen atoms in total. The monoisotopic (exact) mass is 284 g/mol. The average molecular weight is 285 g/mol. The molecule has 3 rings (SSSR count). The minimum Gasteiger partial charge on any atom is -0.384 e. The van der Waals surface area contributed by atoms with Crippen molar-refractivity contribution in [2.24, 2.45) is 11.8 Å². The van der Waals surface area contributed by atoms with Crippen LogP contribution in [0.5, 0.6) is 0 Å². The third kappa shape index (κ3) is 1.31. The first-order chi connectivity index (χ1) is 7.65. The molecule has 2 unspecified atom stereocenters. The lowest BCUT2D eigenvalue weighted by molar-refractivity contribution is 0.113. The number of hydrogen-bond acceptors (Lipinski definition) is 1. The minimum absolute atomic E-state index is 0.273. The Labute approximate surface area is 103 Å². The van der Waals surface area contributed by atoms with Crippen LogP contribution in [0.25, 0.3) is 0 Å². The molecule has 2 aliphatic carbocycles. The summed E-state index contributed by atoms with van der Waals surface area (Å²) in [6, 6.07) is 4.90. The van der Waals surface area contributed by atoms with Gasteiger partial charge < -0.3 is 5.11 Å². The molecule has 0 heterocycles. The molecule has 2 atom stereocenters. The van der Waals surface area contributed by atoms with E-state index in [4.69, 9.17) is 0 Å². The lowest BCUT2D eigenvalue weighted by Gasteiger charge is -2.14. The van der Waals surface area contributed by atoms with E-state index in [9.17, 15) is 9.50 Å². The standard InChI is InChI=1S/C13H14BrFO/c14-10-6-3-7-11(15)12(10)13(16)8-4-1-2-5-9(8)13/h3,6-9,16H,1-2,4-5H2. The molecule has 0 aromatic heterocycles. The highest BCUT2D eigenvalue weighted by atomic mass is 79.9. The summed E-state index contributed by atoms with van der Waals surface area (Å²) in [7, 11) is 0. The van der Waals surface area contributed by atoms with E-state index in [1.807, 2.05) is 0 Å². The first-order valence-corrected chi connectivity index (χ1v) is 6.62. The zero-order chi connectivity index (χ0) is 11.3. The summed E-state index contributed by atoms with van der Waals surface area (Å²) in [5.41, 5.74) is -0.423. The third-order valence-corrected chi connectivity index (χ3v) is 4.81. The smallest absolute Gasteiger partial charge is 0.130 e. The van der Waals surface area contributed by atoms with Crippen molar-refractivity contribution in [2.75, 3.05) is 0 Å². The number of aliphatic hydroxyl groups is 1. The van der Waals surface area contributed by atoms with Gasteiger partial charge in [0.1, 0.15) is 5.82 Å².